The number of nitrogens with zero attached hydrogens (tertiary/aromatic N) is 4. The molecular weight excluding hydrogens is 632 g/mol. The van der Waals surface area contributed by atoms with Crippen LogP contribution in [0.5, 0.6) is 0 Å². The Morgan fingerprint density at radius 1 is 1.04 bits per heavy atom. The number of hydrogen-bond acceptors (Lipinski definition) is 6. The van der Waals surface area contributed by atoms with Gasteiger partial charge in [0.1, 0.15) is 0 Å². The number of allylic oxidation sites excluding steroid dienone is 1. The number of carbonyl (C=O) groups is 3. The molecule has 8 bridgehead atoms. The Morgan fingerprint density at radius 3 is 2.38 bits per heavy atom. The molecule has 50 heavy (non-hydrogen) atoms. The van der Waals surface area contributed by atoms with Crippen molar-refractivity contribution in [3.63, 3.8) is 0 Å². The first-order valence-electron chi connectivity index (χ1n) is 17.1. The molecule has 3 aromatic rings. The Morgan fingerprint density at radius 2 is 1.76 bits per heavy atom. The number of carboxylic acids is 2. The molecule has 2 unspecified atom stereocenters. The minimum absolute atomic E-state index is 0.00709. The first-order chi connectivity index (χ1) is 23.7. The minimum atomic E-state index is -1.16. The van der Waals surface area contributed by atoms with Crippen molar-refractivity contribution in [2.24, 2.45) is 7.05 Å². The maximum Gasteiger partial charge on any atom is 0.338 e. The summed E-state index contributed by atoms with van der Waals surface area (Å²) >= 11 is 0. The molecule has 0 spiro atoms. The normalized spacial score (nSPS) is 15.9. The molecule has 2 aliphatic heterocycles. The van der Waals surface area contributed by atoms with Crippen LogP contribution in [0, 0.1) is 13.8 Å². The van der Waals surface area contributed by atoms with Gasteiger partial charge in [0.25, 0.3) is 0 Å². The van der Waals surface area contributed by atoms with Gasteiger partial charge in [-0.25, -0.2) is 9.78 Å². The number of rotatable bonds is 11. The summed E-state index contributed by atoms with van der Waals surface area (Å²) in [6, 6.07) is 6.03. The van der Waals surface area contributed by atoms with E-state index in [1.165, 1.54) is 0 Å². The number of likely N-dealkylation sites (N-methyl/N-ethyl adjacent to an activating group) is 1. The predicted octanol–water partition coefficient (Wildman–Crippen LogP) is 6.14. The predicted molar refractivity (Wildman–Crippen MR) is 198 cm³/mol. The van der Waals surface area contributed by atoms with E-state index in [1.54, 1.807) is 6.92 Å². The zero-order valence-corrected chi connectivity index (χ0v) is 30.3. The highest BCUT2D eigenvalue weighted by Crippen LogP contribution is 2.44. The number of aryl methyl sites for hydroxylation is 4. The number of fused-ring (bicyclic) bond motifs is 8. The zero-order valence-electron chi connectivity index (χ0n) is 30.3. The maximum absolute atomic E-state index is 13.6. The quantitative estimate of drug-likeness (QED) is 0.189. The zero-order chi connectivity index (χ0) is 36.6. The molecule has 264 valence electrons. The van der Waals surface area contributed by atoms with Crippen molar-refractivity contribution in [1.82, 2.24) is 29.7 Å². The minimum Gasteiger partial charge on any atom is -0.481 e. The molecule has 0 aliphatic carbocycles. The first kappa shape index (κ1) is 36.3. The van der Waals surface area contributed by atoms with E-state index < -0.39 is 17.9 Å². The molecule has 5 rings (SSSR count). The van der Waals surface area contributed by atoms with Crippen LogP contribution in [0.4, 0.5) is 0 Å². The molecular formula is C39H48N6O5. The van der Waals surface area contributed by atoms with Crippen LogP contribution in [0.15, 0.2) is 24.8 Å². The lowest BCUT2D eigenvalue weighted by Crippen LogP contribution is -2.32. The van der Waals surface area contributed by atoms with Gasteiger partial charge in [0, 0.05) is 71.8 Å². The Balaban J connectivity index is 1.99. The van der Waals surface area contributed by atoms with Crippen LogP contribution in [0.1, 0.15) is 96.0 Å². The summed E-state index contributed by atoms with van der Waals surface area (Å²) in [6.45, 7) is 15.1. The summed E-state index contributed by atoms with van der Waals surface area (Å²) in [7, 11) is 5.84. The van der Waals surface area contributed by atoms with Gasteiger partial charge in [-0.3, -0.25) is 14.6 Å². The summed E-state index contributed by atoms with van der Waals surface area (Å²) in [5.41, 5.74) is 10.6. The molecule has 2 atom stereocenters. The van der Waals surface area contributed by atoms with Crippen LogP contribution in [-0.4, -0.2) is 79.7 Å². The molecule has 5 heterocycles. The average Bonchev–Trinajstić information content (AvgIpc) is 3.71. The lowest BCUT2D eigenvalue weighted by Gasteiger charge is -2.18. The third kappa shape index (κ3) is 6.74. The van der Waals surface area contributed by atoms with E-state index in [9.17, 15) is 24.6 Å². The standard InChI is InChI=1S/C39H48N6O5/c1-10-24-20(3)29-19-33-25(11-2)22(5)32(45(33)9)18-30-21(4)26(12-13-35(47)48)37(42-30)27(16-34(46)40-14-15-44(7)8)38-36(39(49)50)23(6)28(43-38)17-31(24)41-29/h11,17-19,21,26,41H,2,10,12-16H2,1,3-9H3,(H,40,46)(H,47,48)(H,49,50). The van der Waals surface area contributed by atoms with Crippen molar-refractivity contribution in [1.29, 1.82) is 0 Å². The molecule has 0 fully saturated rings. The van der Waals surface area contributed by atoms with Crippen LogP contribution in [0.25, 0.3) is 39.3 Å². The molecule has 1 amide bonds. The highest BCUT2D eigenvalue weighted by atomic mass is 16.4. The molecule has 11 heteroatoms. The number of aliphatic carboxylic acids is 2. The van der Waals surface area contributed by atoms with Crippen molar-refractivity contribution in [2.45, 2.75) is 72.1 Å². The van der Waals surface area contributed by atoms with Gasteiger partial charge < -0.3 is 30.0 Å². The van der Waals surface area contributed by atoms with Gasteiger partial charge in [-0.1, -0.05) is 26.5 Å². The van der Waals surface area contributed by atoms with Crippen LogP contribution >= 0.6 is 0 Å². The molecule has 0 saturated heterocycles. The summed E-state index contributed by atoms with van der Waals surface area (Å²) in [4.78, 5) is 54.1. The first-order valence-corrected chi connectivity index (χ1v) is 17.1. The van der Waals surface area contributed by atoms with Crippen molar-refractivity contribution in [2.75, 3.05) is 27.2 Å². The Bertz CT molecular complexity index is 2100. The second-order valence-corrected chi connectivity index (χ2v) is 13.6. The second kappa shape index (κ2) is 14.4. The highest BCUT2D eigenvalue weighted by Gasteiger charge is 2.35. The smallest absolute Gasteiger partial charge is 0.338 e. The lowest BCUT2D eigenvalue weighted by atomic mass is 9.84. The fourth-order valence-electron chi connectivity index (χ4n) is 7.36. The lowest BCUT2D eigenvalue weighted by molar-refractivity contribution is -0.137. The number of amides is 1. The Kier molecular flexibility index (Phi) is 10.5. The average molecular weight is 681 g/mol. The molecule has 0 radical (unpaired) electrons. The summed E-state index contributed by atoms with van der Waals surface area (Å²) in [5.74, 6) is -3.02. The van der Waals surface area contributed by atoms with E-state index in [4.69, 9.17) is 9.97 Å². The van der Waals surface area contributed by atoms with Crippen molar-refractivity contribution >= 4 is 57.1 Å². The fraction of sp³-hybridized carbons (Fsp3) is 0.410. The summed E-state index contributed by atoms with van der Waals surface area (Å²) < 4.78 is 2.12. The number of carboxylic acid groups (broad SMARTS) is 2. The molecule has 4 N–H and O–H groups in total. The topological polar surface area (TPSA) is 153 Å². The number of nitrogens with one attached hydrogen (secondary N) is 2. The van der Waals surface area contributed by atoms with Crippen molar-refractivity contribution in [3.8, 4) is 0 Å². The van der Waals surface area contributed by atoms with Gasteiger partial charge in [-0.05, 0) is 88.2 Å². The SMILES string of the molecule is C=Cc1c(C)c2cc3nc(c(CC(=O)NCCN(C)C)c4nc(cc5[nH]c(cc1n2C)c(C)c5CC)C(C)=C4C(=O)O)C(CCC(=O)O)C3C. The number of carbonyl (C=O) groups excluding carboxylic acids is 1. The van der Waals surface area contributed by atoms with E-state index in [-0.39, 0.29) is 42.4 Å². The van der Waals surface area contributed by atoms with E-state index in [0.29, 0.717) is 35.6 Å². The van der Waals surface area contributed by atoms with Gasteiger partial charge >= 0.3 is 11.9 Å². The summed E-state index contributed by atoms with van der Waals surface area (Å²) in [6.07, 6.45) is 2.58. The van der Waals surface area contributed by atoms with Crippen LogP contribution in [0.2, 0.25) is 0 Å². The number of aromatic amines is 1. The van der Waals surface area contributed by atoms with Crippen molar-refractivity contribution in [3.05, 3.63) is 75.4 Å². The molecule has 0 aromatic carbocycles. The summed E-state index contributed by atoms with van der Waals surface area (Å²) in [5, 5.41) is 23.3. The van der Waals surface area contributed by atoms with Crippen LogP contribution < -0.4 is 5.32 Å². The highest BCUT2D eigenvalue weighted by molar-refractivity contribution is 6.24. The monoisotopic (exact) mass is 680 g/mol. The largest absolute Gasteiger partial charge is 0.481 e. The Labute approximate surface area is 292 Å². The maximum atomic E-state index is 13.6. The van der Waals surface area contributed by atoms with Crippen LogP contribution in [0.3, 0.4) is 0 Å². The van der Waals surface area contributed by atoms with E-state index in [1.807, 2.05) is 58.1 Å². The molecule has 0 saturated carbocycles. The van der Waals surface area contributed by atoms with Crippen molar-refractivity contribution < 1.29 is 24.6 Å². The molecule has 3 aromatic heterocycles. The fourth-order valence-corrected chi connectivity index (χ4v) is 7.36. The molecule has 2 aliphatic rings. The van der Waals surface area contributed by atoms with Gasteiger partial charge in [0.05, 0.1) is 34.6 Å². The van der Waals surface area contributed by atoms with Gasteiger partial charge in [0.15, 0.2) is 0 Å². The van der Waals surface area contributed by atoms with Gasteiger partial charge in [-0.15, -0.1) is 0 Å². The van der Waals surface area contributed by atoms with Crippen LogP contribution in [-0.2, 0) is 34.3 Å². The number of aromatic nitrogens is 4. The number of hydrogen-bond donors (Lipinski definition) is 4. The van der Waals surface area contributed by atoms with Gasteiger partial charge in [-0.2, -0.15) is 0 Å². The van der Waals surface area contributed by atoms with Gasteiger partial charge in [0.2, 0.25) is 5.91 Å². The third-order valence-corrected chi connectivity index (χ3v) is 10.2. The third-order valence-electron chi connectivity index (χ3n) is 10.2. The Hall–Kier alpha value is -5.03. The van der Waals surface area contributed by atoms with E-state index in [2.05, 4.69) is 41.4 Å². The van der Waals surface area contributed by atoms with E-state index in [0.717, 1.165) is 56.4 Å². The second-order valence-electron chi connectivity index (χ2n) is 13.6. The molecule has 11 nitrogen and oxygen atoms in total. The van der Waals surface area contributed by atoms with E-state index >= 15 is 0 Å². The number of H-pyrrole nitrogens is 1.